The molecule has 1 aliphatic carbocycles. The molecule has 3 N–H and O–H groups in total. The molecule has 2 unspecified atom stereocenters. The maximum absolute atomic E-state index is 5.90. The zero-order valence-corrected chi connectivity index (χ0v) is 11.8. The molecule has 0 radical (unpaired) electrons. The summed E-state index contributed by atoms with van der Waals surface area (Å²) in [6, 6.07) is 0.628. The molecule has 1 aliphatic rings. The molecule has 1 fully saturated rings. The van der Waals surface area contributed by atoms with Gasteiger partial charge in [-0.1, -0.05) is 13.8 Å². The molecular weight excluding hydrogens is 214 g/mol. The number of nitrogens with zero attached hydrogens (tertiary/aromatic N) is 1. The molecule has 0 amide bonds. The highest BCUT2D eigenvalue weighted by Gasteiger charge is 2.53. The highest BCUT2D eigenvalue weighted by molar-refractivity contribution is 5.78. The van der Waals surface area contributed by atoms with Crippen molar-refractivity contribution >= 4 is 5.96 Å². The Bertz CT molecular complexity index is 272. The monoisotopic (exact) mass is 241 g/mol. The lowest BCUT2D eigenvalue weighted by molar-refractivity contribution is -0.111. The van der Waals surface area contributed by atoms with Gasteiger partial charge in [0, 0.05) is 18.6 Å². The standard InChI is InChI=1S/C13H27N3O/c1-6-13(7-2)10(8-11(13)17-5)16-12(14)15-9(3)4/h9-11H,6-8H2,1-5H3,(H3,14,15,16). The SMILES string of the molecule is CCC1(CC)C(N=C(N)NC(C)C)CC1OC. The van der Waals surface area contributed by atoms with Gasteiger partial charge in [-0.3, -0.25) is 0 Å². The number of methoxy groups -OCH3 is 1. The van der Waals surface area contributed by atoms with E-state index in [4.69, 9.17) is 10.5 Å². The summed E-state index contributed by atoms with van der Waals surface area (Å²) in [5.74, 6) is 0.561. The number of aliphatic imine (C=N–C) groups is 1. The maximum Gasteiger partial charge on any atom is 0.189 e. The van der Waals surface area contributed by atoms with Crippen molar-refractivity contribution in [2.24, 2.45) is 16.1 Å². The van der Waals surface area contributed by atoms with Gasteiger partial charge in [0.25, 0.3) is 0 Å². The van der Waals surface area contributed by atoms with Crippen LogP contribution in [0.3, 0.4) is 0 Å². The minimum atomic E-state index is 0.179. The van der Waals surface area contributed by atoms with Crippen molar-refractivity contribution in [1.82, 2.24) is 5.32 Å². The third-order valence-electron chi connectivity index (χ3n) is 4.07. The van der Waals surface area contributed by atoms with Crippen LogP contribution in [0.5, 0.6) is 0 Å². The second-order valence-corrected chi connectivity index (χ2v) is 5.23. The Labute approximate surface area is 105 Å². The number of hydrogen-bond donors (Lipinski definition) is 2. The van der Waals surface area contributed by atoms with Crippen molar-refractivity contribution in [3.05, 3.63) is 0 Å². The first kappa shape index (κ1) is 14.3. The number of ether oxygens (including phenoxy) is 1. The van der Waals surface area contributed by atoms with E-state index in [1.807, 2.05) is 0 Å². The van der Waals surface area contributed by atoms with E-state index >= 15 is 0 Å². The van der Waals surface area contributed by atoms with Crippen LogP contribution in [-0.4, -0.2) is 31.3 Å². The molecule has 0 aromatic carbocycles. The van der Waals surface area contributed by atoms with E-state index in [9.17, 15) is 0 Å². The zero-order chi connectivity index (χ0) is 13.1. The maximum atomic E-state index is 5.90. The largest absolute Gasteiger partial charge is 0.381 e. The lowest BCUT2D eigenvalue weighted by atomic mass is 9.59. The van der Waals surface area contributed by atoms with E-state index in [0.29, 0.717) is 24.1 Å². The van der Waals surface area contributed by atoms with Crippen molar-refractivity contribution in [3.8, 4) is 0 Å². The highest BCUT2D eigenvalue weighted by atomic mass is 16.5. The van der Waals surface area contributed by atoms with Crippen molar-refractivity contribution in [1.29, 1.82) is 0 Å². The van der Waals surface area contributed by atoms with Crippen LogP contribution in [0.25, 0.3) is 0 Å². The Morgan fingerprint density at radius 3 is 2.47 bits per heavy atom. The average molecular weight is 241 g/mol. The van der Waals surface area contributed by atoms with E-state index in [2.05, 4.69) is 38.0 Å². The number of rotatable bonds is 5. The molecule has 4 heteroatoms. The van der Waals surface area contributed by atoms with Gasteiger partial charge in [-0.25, -0.2) is 4.99 Å². The topological polar surface area (TPSA) is 59.6 Å². The Hall–Kier alpha value is -0.770. The predicted molar refractivity (Wildman–Crippen MR) is 72.1 cm³/mol. The summed E-state index contributed by atoms with van der Waals surface area (Å²) in [5.41, 5.74) is 6.08. The first-order chi connectivity index (χ1) is 8.00. The van der Waals surface area contributed by atoms with Gasteiger partial charge in [0.1, 0.15) is 0 Å². The van der Waals surface area contributed by atoms with Gasteiger partial charge in [-0.2, -0.15) is 0 Å². The molecule has 0 aromatic rings. The molecule has 1 rings (SSSR count). The summed E-state index contributed by atoms with van der Waals surface area (Å²) in [7, 11) is 1.79. The molecule has 0 bridgehead atoms. The Balaban J connectivity index is 2.73. The average Bonchev–Trinajstić information content (AvgIpc) is 2.24. The molecule has 100 valence electrons. The van der Waals surface area contributed by atoms with Crippen LogP contribution in [-0.2, 0) is 4.74 Å². The van der Waals surface area contributed by atoms with Gasteiger partial charge in [-0.05, 0) is 33.1 Å². The second kappa shape index (κ2) is 5.71. The molecule has 1 saturated carbocycles. The second-order valence-electron chi connectivity index (χ2n) is 5.23. The molecule has 17 heavy (non-hydrogen) atoms. The summed E-state index contributed by atoms with van der Waals surface area (Å²) in [4.78, 5) is 4.62. The summed E-state index contributed by atoms with van der Waals surface area (Å²) in [5, 5.41) is 3.15. The van der Waals surface area contributed by atoms with Crippen LogP contribution in [0, 0.1) is 5.41 Å². The van der Waals surface area contributed by atoms with Crippen molar-refractivity contribution in [3.63, 3.8) is 0 Å². The van der Waals surface area contributed by atoms with Gasteiger partial charge in [0.05, 0.1) is 12.1 Å². The van der Waals surface area contributed by atoms with E-state index in [1.165, 1.54) is 0 Å². The Morgan fingerprint density at radius 2 is 2.06 bits per heavy atom. The summed E-state index contributed by atoms with van der Waals surface area (Å²) >= 11 is 0. The molecule has 2 atom stereocenters. The predicted octanol–water partition coefficient (Wildman–Crippen LogP) is 1.89. The van der Waals surface area contributed by atoms with Crippen LogP contribution in [0.2, 0.25) is 0 Å². The summed E-state index contributed by atoms with van der Waals surface area (Å²) in [6.45, 7) is 8.55. The first-order valence-corrected chi connectivity index (χ1v) is 6.62. The fraction of sp³-hybridized carbons (Fsp3) is 0.923. The fourth-order valence-electron chi connectivity index (χ4n) is 2.92. The lowest BCUT2D eigenvalue weighted by Gasteiger charge is -2.53. The minimum Gasteiger partial charge on any atom is -0.381 e. The quantitative estimate of drug-likeness (QED) is 0.571. The molecule has 0 heterocycles. The zero-order valence-electron chi connectivity index (χ0n) is 11.8. The molecule has 0 spiro atoms. The normalized spacial score (nSPS) is 28.0. The molecular formula is C13H27N3O. The van der Waals surface area contributed by atoms with Crippen LogP contribution in [0.15, 0.2) is 4.99 Å². The number of guanidine groups is 1. The van der Waals surface area contributed by atoms with E-state index in [-0.39, 0.29) is 5.41 Å². The first-order valence-electron chi connectivity index (χ1n) is 6.62. The number of nitrogens with two attached hydrogens (primary N) is 1. The van der Waals surface area contributed by atoms with Gasteiger partial charge in [-0.15, -0.1) is 0 Å². The van der Waals surface area contributed by atoms with E-state index in [1.54, 1.807) is 7.11 Å². The molecule has 0 aromatic heterocycles. The molecule has 0 saturated heterocycles. The Morgan fingerprint density at radius 1 is 1.47 bits per heavy atom. The third-order valence-corrected chi connectivity index (χ3v) is 4.07. The van der Waals surface area contributed by atoms with Crippen LogP contribution in [0.4, 0.5) is 0 Å². The van der Waals surface area contributed by atoms with Gasteiger partial charge >= 0.3 is 0 Å². The molecule has 0 aliphatic heterocycles. The van der Waals surface area contributed by atoms with Crippen LogP contribution >= 0.6 is 0 Å². The van der Waals surface area contributed by atoms with Crippen molar-refractivity contribution in [2.45, 2.75) is 65.1 Å². The summed E-state index contributed by atoms with van der Waals surface area (Å²) in [6.07, 6.45) is 3.49. The lowest BCUT2D eigenvalue weighted by Crippen LogP contribution is -2.57. The number of nitrogens with one attached hydrogen (secondary N) is 1. The smallest absolute Gasteiger partial charge is 0.189 e. The van der Waals surface area contributed by atoms with E-state index < -0.39 is 0 Å². The van der Waals surface area contributed by atoms with Gasteiger partial charge < -0.3 is 15.8 Å². The minimum absolute atomic E-state index is 0.179. The van der Waals surface area contributed by atoms with Gasteiger partial charge in [0.2, 0.25) is 0 Å². The molecule has 4 nitrogen and oxygen atoms in total. The van der Waals surface area contributed by atoms with E-state index in [0.717, 1.165) is 19.3 Å². The van der Waals surface area contributed by atoms with Gasteiger partial charge in [0.15, 0.2) is 5.96 Å². The third kappa shape index (κ3) is 2.73. The summed E-state index contributed by atoms with van der Waals surface area (Å²) < 4.78 is 5.55. The van der Waals surface area contributed by atoms with Crippen LogP contribution < -0.4 is 11.1 Å². The van der Waals surface area contributed by atoms with Crippen molar-refractivity contribution in [2.75, 3.05) is 7.11 Å². The van der Waals surface area contributed by atoms with Crippen LogP contribution in [0.1, 0.15) is 47.0 Å². The Kier molecular flexibility index (Phi) is 4.80. The van der Waals surface area contributed by atoms with Crippen molar-refractivity contribution < 1.29 is 4.74 Å². The number of hydrogen-bond acceptors (Lipinski definition) is 2. The fourth-order valence-corrected chi connectivity index (χ4v) is 2.92. The highest BCUT2D eigenvalue weighted by Crippen LogP contribution is 2.50.